The van der Waals surface area contributed by atoms with Gasteiger partial charge < -0.3 is 24.5 Å². The Morgan fingerprint density at radius 3 is 2.90 bits per heavy atom. The van der Waals surface area contributed by atoms with Crippen molar-refractivity contribution in [2.75, 3.05) is 6.61 Å². The fourth-order valence-corrected chi connectivity index (χ4v) is 5.69. The molecule has 3 N–H and O–H groups in total. The number of carbonyl (C=O) groups is 1. The number of hydrogen-bond acceptors (Lipinski definition) is 6. The zero-order valence-electron chi connectivity index (χ0n) is 22.2. The Morgan fingerprint density at radius 2 is 2.02 bits per heavy atom. The summed E-state index contributed by atoms with van der Waals surface area (Å²) in [5, 5.41) is 9.61. The van der Waals surface area contributed by atoms with Crippen LogP contribution in [0.5, 0.6) is 5.75 Å². The monoisotopic (exact) mass is 548 g/mol. The Kier molecular flexibility index (Phi) is 6.19. The number of phenolic OH excluding ortho intramolecular Hbond substituents is 1. The number of fused-ring (bicyclic) bond motifs is 2. The van der Waals surface area contributed by atoms with Crippen LogP contribution in [0.4, 0.5) is 0 Å². The zero-order chi connectivity index (χ0) is 27.9. The van der Waals surface area contributed by atoms with Gasteiger partial charge in [0.05, 0.1) is 40.8 Å². The number of aromatic amines is 2. The number of nitrogens with zero attached hydrogens (tertiary/aromatic N) is 2. The van der Waals surface area contributed by atoms with Gasteiger partial charge in [0.2, 0.25) is 0 Å². The third-order valence-electron chi connectivity index (χ3n) is 7.70. The van der Waals surface area contributed by atoms with E-state index in [1.54, 1.807) is 41.0 Å². The first-order valence-electron chi connectivity index (χ1n) is 13.7. The molecule has 3 aromatic carbocycles. The number of phenols is 1. The largest absolute Gasteiger partial charge is 0.508 e. The lowest BCUT2D eigenvalue weighted by molar-refractivity contribution is 0.0509. The van der Waals surface area contributed by atoms with Gasteiger partial charge in [-0.2, -0.15) is 0 Å². The SMILES string of the molecule is O=C(OCCc1cccc(O)c1)c1ccc2[nH]c(-c3cccc4c3[nH]c(=O)n4CC3CC4=C(C=CCC4)O3)nc2c1. The molecule has 0 fully saturated rings. The van der Waals surface area contributed by atoms with E-state index in [-0.39, 0.29) is 24.2 Å². The van der Waals surface area contributed by atoms with E-state index in [0.29, 0.717) is 35.4 Å². The van der Waals surface area contributed by atoms with Crippen LogP contribution in [0.15, 0.2) is 88.9 Å². The lowest BCUT2D eigenvalue weighted by Gasteiger charge is -2.13. The van der Waals surface area contributed by atoms with E-state index in [0.717, 1.165) is 47.2 Å². The first kappa shape index (κ1) is 25.0. The molecule has 1 atom stereocenters. The molecule has 1 unspecified atom stereocenters. The van der Waals surface area contributed by atoms with Gasteiger partial charge in [0.25, 0.3) is 0 Å². The van der Waals surface area contributed by atoms with E-state index in [9.17, 15) is 14.7 Å². The number of hydrogen-bond donors (Lipinski definition) is 3. The number of rotatable bonds is 7. The molecule has 0 saturated heterocycles. The number of ether oxygens (including phenoxy) is 2. The van der Waals surface area contributed by atoms with Crippen LogP contribution in [-0.4, -0.2) is 43.3 Å². The number of para-hydroxylation sites is 1. The van der Waals surface area contributed by atoms with Crippen LogP contribution in [0.25, 0.3) is 33.5 Å². The van der Waals surface area contributed by atoms with Gasteiger partial charge in [-0.1, -0.05) is 24.3 Å². The first-order valence-corrected chi connectivity index (χ1v) is 13.7. The number of allylic oxidation sites excluding steroid dienone is 2. The molecule has 2 aromatic heterocycles. The number of nitrogens with one attached hydrogen (secondary N) is 2. The lowest BCUT2D eigenvalue weighted by atomic mass is 10.0. The highest BCUT2D eigenvalue weighted by molar-refractivity contribution is 5.96. The van der Waals surface area contributed by atoms with Crippen LogP contribution < -0.4 is 5.69 Å². The van der Waals surface area contributed by atoms with Gasteiger partial charge in [0.15, 0.2) is 0 Å². The van der Waals surface area contributed by atoms with Gasteiger partial charge in [-0.15, -0.1) is 0 Å². The second-order valence-corrected chi connectivity index (χ2v) is 10.5. The number of esters is 1. The Balaban J connectivity index is 1.10. The van der Waals surface area contributed by atoms with Crippen molar-refractivity contribution in [1.29, 1.82) is 0 Å². The van der Waals surface area contributed by atoms with Crippen molar-refractivity contribution in [3.05, 3.63) is 106 Å². The maximum atomic E-state index is 13.0. The molecular weight excluding hydrogens is 520 g/mol. The van der Waals surface area contributed by atoms with Crippen molar-refractivity contribution in [3.63, 3.8) is 0 Å². The molecule has 0 radical (unpaired) electrons. The molecule has 1 aliphatic heterocycles. The Bertz CT molecular complexity index is 1930. The second kappa shape index (κ2) is 10.2. The summed E-state index contributed by atoms with van der Waals surface area (Å²) in [5.74, 6) is 1.28. The van der Waals surface area contributed by atoms with Gasteiger partial charge in [0, 0.05) is 18.4 Å². The smallest absolute Gasteiger partial charge is 0.338 e. The summed E-state index contributed by atoms with van der Waals surface area (Å²) in [7, 11) is 0. The molecule has 9 heteroatoms. The van der Waals surface area contributed by atoms with Crippen LogP contribution >= 0.6 is 0 Å². The van der Waals surface area contributed by atoms with Gasteiger partial charge >= 0.3 is 11.7 Å². The van der Waals surface area contributed by atoms with E-state index in [2.05, 4.69) is 16.0 Å². The fraction of sp³-hybridized carbons (Fsp3) is 0.219. The predicted octanol–water partition coefficient (Wildman–Crippen LogP) is 5.37. The van der Waals surface area contributed by atoms with Crippen molar-refractivity contribution in [2.24, 2.45) is 0 Å². The Morgan fingerprint density at radius 1 is 1.12 bits per heavy atom. The Labute approximate surface area is 234 Å². The number of aromatic nitrogens is 4. The van der Waals surface area contributed by atoms with E-state index >= 15 is 0 Å². The number of benzene rings is 3. The summed E-state index contributed by atoms with van der Waals surface area (Å²) < 4.78 is 13.3. The molecule has 9 nitrogen and oxygen atoms in total. The molecule has 3 heterocycles. The van der Waals surface area contributed by atoms with Crippen molar-refractivity contribution in [2.45, 2.75) is 38.3 Å². The topological polar surface area (TPSA) is 122 Å². The molecule has 0 saturated carbocycles. The Hall–Kier alpha value is -5.05. The maximum absolute atomic E-state index is 13.0. The van der Waals surface area contributed by atoms with Gasteiger partial charge in [-0.05, 0) is 72.5 Å². The quantitative estimate of drug-likeness (QED) is 0.235. The van der Waals surface area contributed by atoms with Crippen molar-refractivity contribution >= 4 is 28.0 Å². The highest BCUT2D eigenvalue weighted by atomic mass is 16.5. The highest BCUT2D eigenvalue weighted by Gasteiger charge is 2.27. The van der Waals surface area contributed by atoms with E-state index < -0.39 is 5.97 Å². The number of carbonyl (C=O) groups excluding carboxylic acids is 1. The van der Waals surface area contributed by atoms with E-state index in [1.165, 1.54) is 5.57 Å². The molecule has 0 amide bonds. The van der Waals surface area contributed by atoms with Crippen LogP contribution in [0, 0.1) is 0 Å². The summed E-state index contributed by atoms with van der Waals surface area (Å²) in [4.78, 5) is 36.8. The van der Waals surface area contributed by atoms with Crippen LogP contribution in [0.3, 0.4) is 0 Å². The van der Waals surface area contributed by atoms with Crippen LogP contribution in [0.1, 0.15) is 35.2 Å². The summed E-state index contributed by atoms with van der Waals surface area (Å²) in [6.07, 6.45) is 7.48. The van der Waals surface area contributed by atoms with Crippen molar-refractivity contribution in [3.8, 4) is 17.1 Å². The number of H-pyrrole nitrogens is 2. The van der Waals surface area contributed by atoms with Crippen LogP contribution in [-0.2, 0) is 22.4 Å². The van der Waals surface area contributed by atoms with Crippen molar-refractivity contribution in [1.82, 2.24) is 19.5 Å². The molecular formula is C32H28N4O5. The van der Waals surface area contributed by atoms with E-state index in [4.69, 9.17) is 14.5 Å². The summed E-state index contributed by atoms with van der Waals surface area (Å²) >= 11 is 0. The predicted molar refractivity (Wildman–Crippen MR) is 155 cm³/mol. The molecule has 0 bridgehead atoms. The fourth-order valence-electron chi connectivity index (χ4n) is 5.69. The molecule has 2 aliphatic rings. The molecule has 1 aliphatic carbocycles. The molecule has 5 aromatic rings. The average Bonchev–Trinajstić information content (AvgIpc) is 3.67. The second-order valence-electron chi connectivity index (χ2n) is 10.5. The van der Waals surface area contributed by atoms with Gasteiger partial charge in [-0.3, -0.25) is 4.57 Å². The van der Waals surface area contributed by atoms with Crippen LogP contribution in [0.2, 0.25) is 0 Å². The van der Waals surface area contributed by atoms with Gasteiger partial charge in [-0.25, -0.2) is 14.6 Å². The highest BCUT2D eigenvalue weighted by Crippen LogP contribution is 2.34. The zero-order valence-corrected chi connectivity index (χ0v) is 22.2. The van der Waals surface area contributed by atoms with Crippen molar-refractivity contribution < 1.29 is 19.4 Å². The van der Waals surface area contributed by atoms with E-state index in [1.807, 2.05) is 30.3 Å². The molecule has 0 spiro atoms. The molecule has 41 heavy (non-hydrogen) atoms. The lowest BCUT2D eigenvalue weighted by Crippen LogP contribution is -2.24. The van der Waals surface area contributed by atoms with Gasteiger partial charge in [0.1, 0.15) is 23.4 Å². The third-order valence-corrected chi connectivity index (χ3v) is 7.70. The summed E-state index contributed by atoms with van der Waals surface area (Å²) in [6.45, 7) is 0.653. The minimum Gasteiger partial charge on any atom is -0.508 e. The number of aromatic hydroxyl groups is 1. The standard InChI is InChI=1S/C32H28N4O5/c37-22-7-3-5-19(15-22)13-14-40-31(38)21-11-12-25-26(17-21)34-30(33-25)24-8-4-9-27-29(24)35-32(39)36(27)18-23-16-20-6-1-2-10-28(20)41-23/h2-5,7-12,15,17,23,37H,1,6,13-14,16,18H2,(H,33,34)(H,35,39). The normalized spacial score (nSPS) is 16.3. The molecule has 206 valence electrons. The molecule has 7 rings (SSSR count). The number of imidazole rings is 2. The minimum atomic E-state index is -0.444. The summed E-state index contributed by atoms with van der Waals surface area (Å²) in [5.41, 5.74) is 6.03. The summed E-state index contributed by atoms with van der Waals surface area (Å²) in [6, 6.07) is 17.8. The third kappa shape index (κ3) is 4.80. The maximum Gasteiger partial charge on any atom is 0.338 e. The minimum absolute atomic E-state index is 0.0765. The average molecular weight is 549 g/mol. The first-order chi connectivity index (χ1) is 20.0.